The monoisotopic (exact) mass is 392 g/mol. The highest BCUT2D eigenvalue weighted by molar-refractivity contribution is 5.67. The molecule has 2 N–H and O–H groups in total. The summed E-state index contributed by atoms with van der Waals surface area (Å²) in [5.74, 6) is 11.7. The Morgan fingerprint density at radius 3 is 1.50 bits per heavy atom. The smallest absolute Gasteiger partial charge is 0.407 e. The predicted octanol–water partition coefficient (Wildman–Crippen LogP) is 4.39. The zero-order valence-corrected chi connectivity index (χ0v) is 17.5. The lowest BCUT2D eigenvalue weighted by Crippen LogP contribution is -2.25. The first-order valence-corrected chi connectivity index (χ1v) is 10.5. The van der Waals surface area contributed by atoms with Crippen molar-refractivity contribution in [2.75, 3.05) is 26.3 Å². The Morgan fingerprint density at radius 2 is 1.11 bits per heavy atom. The molecule has 6 heteroatoms. The molecule has 0 bridgehead atoms. The molecule has 2 amide bonds. The van der Waals surface area contributed by atoms with E-state index in [1.54, 1.807) is 0 Å². The van der Waals surface area contributed by atoms with Crippen LogP contribution in [0, 0.1) is 23.7 Å². The molecule has 0 aromatic carbocycles. The maximum absolute atomic E-state index is 11.3. The van der Waals surface area contributed by atoms with E-state index < -0.39 is 0 Å². The fraction of sp³-hybridized carbons (Fsp3) is 0.727. The van der Waals surface area contributed by atoms with Crippen LogP contribution in [0.1, 0.15) is 78.1 Å². The third-order valence-corrected chi connectivity index (χ3v) is 3.70. The summed E-state index contributed by atoms with van der Waals surface area (Å²) in [6, 6.07) is 0. The van der Waals surface area contributed by atoms with Gasteiger partial charge < -0.3 is 20.1 Å². The van der Waals surface area contributed by atoms with Gasteiger partial charge in [-0.2, -0.15) is 0 Å². The van der Waals surface area contributed by atoms with Crippen LogP contribution in [-0.4, -0.2) is 38.5 Å². The Bertz CT molecular complexity index is 478. The van der Waals surface area contributed by atoms with Crippen LogP contribution in [0.5, 0.6) is 0 Å². The maximum atomic E-state index is 11.3. The SMILES string of the molecule is CCCCOC(=O)NCCCCC#CC#CCCCCNC(=O)OCCCC. The third-order valence-electron chi connectivity index (χ3n) is 3.70. The summed E-state index contributed by atoms with van der Waals surface area (Å²) in [5.41, 5.74) is 0. The largest absolute Gasteiger partial charge is 0.450 e. The van der Waals surface area contributed by atoms with E-state index in [0.717, 1.165) is 64.2 Å². The van der Waals surface area contributed by atoms with Crippen molar-refractivity contribution in [1.82, 2.24) is 10.6 Å². The second-order valence-corrected chi connectivity index (χ2v) is 6.35. The second kappa shape index (κ2) is 21.0. The van der Waals surface area contributed by atoms with Crippen molar-refractivity contribution in [3.05, 3.63) is 0 Å². The van der Waals surface area contributed by atoms with Gasteiger partial charge in [-0.1, -0.05) is 38.5 Å². The normalized spacial score (nSPS) is 9.36. The Hall–Kier alpha value is -2.34. The lowest BCUT2D eigenvalue weighted by atomic mass is 10.2. The number of nitrogens with one attached hydrogen (secondary N) is 2. The molecule has 0 aliphatic rings. The van der Waals surface area contributed by atoms with E-state index in [2.05, 4.69) is 48.2 Å². The quantitative estimate of drug-likeness (QED) is 0.340. The molecule has 0 aromatic heterocycles. The highest BCUT2D eigenvalue weighted by Gasteiger charge is 2.00. The maximum Gasteiger partial charge on any atom is 0.407 e. The first-order valence-electron chi connectivity index (χ1n) is 10.5. The van der Waals surface area contributed by atoms with Crippen LogP contribution in [-0.2, 0) is 9.47 Å². The van der Waals surface area contributed by atoms with E-state index in [4.69, 9.17) is 9.47 Å². The van der Waals surface area contributed by atoms with Gasteiger partial charge in [-0.25, -0.2) is 9.59 Å². The van der Waals surface area contributed by atoms with E-state index in [-0.39, 0.29) is 12.2 Å². The highest BCUT2D eigenvalue weighted by atomic mass is 16.6. The van der Waals surface area contributed by atoms with Crippen molar-refractivity contribution in [3.8, 4) is 23.7 Å². The van der Waals surface area contributed by atoms with Gasteiger partial charge in [0.1, 0.15) is 0 Å². The second-order valence-electron chi connectivity index (χ2n) is 6.35. The lowest BCUT2D eigenvalue weighted by molar-refractivity contribution is 0.143. The molecule has 0 spiro atoms. The Morgan fingerprint density at radius 1 is 0.679 bits per heavy atom. The van der Waals surface area contributed by atoms with Crippen molar-refractivity contribution in [2.24, 2.45) is 0 Å². The van der Waals surface area contributed by atoms with Gasteiger partial charge in [0.15, 0.2) is 0 Å². The molecule has 0 rings (SSSR count). The molecule has 0 aliphatic carbocycles. The third kappa shape index (κ3) is 20.0. The van der Waals surface area contributed by atoms with E-state index in [0.29, 0.717) is 26.3 Å². The summed E-state index contributed by atoms with van der Waals surface area (Å²) < 4.78 is 10.00. The molecular weight excluding hydrogens is 356 g/mol. The molecule has 0 atom stereocenters. The van der Waals surface area contributed by atoms with Gasteiger partial charge in [0.05, 0.1) is 13.2 Å². The van der Waals surface area contributed by atoms with Crippen LogP contribution in [0.2, 0.25) is 0 Å². The minimum atomic E-state index is -0.339. The molecular formula is C22H36N2O4. The number of ether oxygens (including phenoxy) is 2. The zero-order valence-electron chi connectivity index (χ0n) is 17.5. The average molecular weight is 393 g/mol. The number of alkyl carbamates (subject to hydrolysis) is 2. The number of carbonyl (C=O) groups is 2. The van der Waals surface area contributed by atoms with Gasteiger partial charge in [0.2, 0.25) is 0 Å². The van der Waals surface area contributed by atoms with Gasteiger partial charge >= 0.3 is 12.2 Å². The number of unbranched alkanes of at least 4 members (excludes halogenated alkanes) is 6. The topological polar surface area (TPSA) is 76.7 Å². The molecule has 6 nitrogen and oxygen atoms in total. The molecule has 0 saturated carbocycles. The molecule has 0 fully saturated rings. The van der Waals surface area contributed by atoms with E-state index in [1.165, 1.54) is 0 Å². The Kier molecular flexibility index (Phi) is 19.2. The number of carbonyl (C=O) groups excluding carboxylic acids is 2. The summed E-state index contributed by atoms with van der Waals surface area (Å²) >= 11 is 0. The predicted molar refractivity (Wildman–Crippen MR) is 112 cm³/mol. The van der Waals surface area contributed by atoms with E-state index >= 15 is 0 Å². The van der Waals surface area contributed by atoms with Gasteiger partial charge in [-0.05, 0) is 50.4 Å². The van der Waals surface area contributed by atoms with Crippen molar-refractivity contribution in [2.45, 2.75) is 78.1 Å². The number of hydrogen-bond donors (Lipinski definition) is 2. The zero-order chi connectivity index (χ0) is 20.7. The number of amides is 2. The van der Waals surface area contributed by atoms with Crippen LogP contribution < -0.4 is 10.6 Å². The Balaban J connectivity index is 3.44. The van der Waals surface area contributed by atoms with Gasteiger partial charge in [-0.3, -0.25) is 0 Å². The molecule has 0 saturated heterocycles. The molecule has 0 aromatic rings. The average Bonchev–Trinajstić information content (AvgIpc) is 2.68. The molecule has 0 aliphatic heterocycles. The van der Waals surface area contributed by atoms with Gasteiger partial charge in [0, 0.05) is 25.9 Å². The molecule has 0 heterocycles. The summed E-state index contributed by atoms with van der Waals surface area (Å²) in [6.07, 6.45) is 8.28. The van der Waals surface area contributed by atoms with Crippen molar-refractivity contribution in [1.29, 1.82) is 0 Å². The van der Waals surface area contributed by atoms with Crippen LogP contribution in [0.15, 0.2) is 0 Å². The van der Waals surface area contributed by atoms with Crippen LogP contribution in [0.4, 0.5) is 9.59 Å². The minimum Gasteiger partial charge on any atom is -0.450 e. The van der Waals surface area contributed by atoms with Crippen LogP contribution in [0.3, 0.4) is 0 Å². The fourth-order valence-electron chi connectivity index (χ4n) is 1.99. The summed E-state index contributed by atoms with van der Waals surface area (Å²) in [5, 5.41) is 5.45. The molecule has 28 heavy (non-hydrogen) atoms. The summed E-state index contributed by atoms with van der Waals surface area (Å²) in [6.45, 7) is 6.29. The van der Waals surface area contributed by atoms with E-state index in [9.17, 15) is 9.59 Å². The first-order chi connectivity index (χ1) is 13.7. The fourth-order valence-corrected chi connectivity index (χ4v) is 1.99. The van der Waals surface area contributed by atoms with Crippen molar-refractivity contribution in [3.63, 3.8) is 0 Å². The molecule has 0 unspecified atom stereocenters. The van der Waals surface area contributed by atoms with E-state index in [1.807, 2.05) is 0 Å². The van der Waals surface area contributed by atoms with Crippen LogP contribution in [0.25, 0.3) is 0 Å². The van der Waals surface area contributed by atoms with Gasteiger partial charge in [-0.15, -0.1) is 0 Å². The van der Waals surface area contributed by atoms with Crippen molar-refractivity contribution < 1.29 is 19.1 Å². The Labute approximate surface area is 170 Å². The molecule has 158 valence electrons. The highest BCUT2D eigenvalue weighted by Crippen LogP contribution is 1.94. The minimum absolute atomic E-state index is 0.339. The number of rotatable bonds is 14. The first kappa shape index (κ1) is 25.7. The summed E-state index contributed by atoms with van der Waals surface area (Å²) in [4.78, 5) is 22.6. The lowest BCUT2D eigenvalue weighted by Gasteiger charge is -2.05. The van der Waals surface area contributed by atoms with Crippen LogP contribution >= 0.6 is 0 Å². The van der Waals surface area contributed by atoms with Gasteiger partial charge in [0.25, 0.3) is 0 Å². The summed E-state index contributed by atoms with van der Waals surface area (Å²) in [7, 11) is 0. The standard InChI is InChI=1S/C22H36N2O4/c1-3-5-19-27-21(25)23-17-15-13-11-9-7-8-10-12-14-16-18-24-22(26)28-20-6-4-2/h3-6,11-20H2,1-2H3,(H,23,25)(H,24,26). The number of hydrogen-bond acceptors (Lipinski definition) is 4. The molecule has 0 radical (unpaired) electrons. The van der Waals surface area contributed by atoms with Crippen molar-refractivity contribution >= 4 is 12.2 Å².